The predicted molar refractivity (Wildman–Crippen MR) is 108 cm³/mol. The number of aryl methyl sites for hydroxylation is 2. The van der Waals surface area contributed by atoms with Crippen molar-refractivity contribution >= 4 is 34.0 Å². The van der Waals surface area contributed by atoms with Gasteiger partial charge in [0.15, 0.2) is 5.65 Å². The summed E-state index contributed by atoms with van der Waals surface area (Å²) in [7, 11) is 3.45. The van der Waals surface area contributed by atoms with Crippen LogP contribution in [0.4, 0.5) is 5.69 Å². The van der Waals surface area contributed by atoms with Gasteiger partial charge in [0.1, 0.15) is 5.75 Å². The number of benzene rings is 1. The minimum Gasteiger partial charge on any atom is -0.497 e. The number of nitrogens with zero attached hydrogens (tertiary/aromatic N) is 3. The van der Waals surface area contributed by atoms with E-state index >= 15 is 0 Å². The summed E-state index contributed by atoms with van der Waals surface area (Å²) >= 11 is 1.59. The van der Waals surface area contributed by atoms with E-state index in [1.54, 1.807) is 23.1 Å². The molecule has 3 aromatic heterocycles. The number of pyridine rings is 1. The van der Waals surface area contributed by atoms with Gasteiger partial charge in [0, 0.05) is 12.7 Å². The molecule has 4 rings (SSSR count). The van der Waals surface area contributed by atoms with E-state index in [1.165, 1.54) is 0 Å². The summed E-state index contributed by atoms with van der Waals surface area (Å²) in [5.74, 6) is 0.545. The van der Waals surface area contributed by atoms with Crippen molar-refractivity contribution in [3.63, 3.8) is 0 Å². The Kier molecular flexibility index (Phi) is 4.37. The third-order valence-corrected chi connectivity index (χ3v) is 5.23. The average Bonchev–Trinajstić information content (AvgIpc) is 3.30. The van der Waals surface area contributed by atoms with Gasteiger partial charge in [-0.15, -0.1) is 11.3 Å². The predicted octanol–water partition coefficient (Wildman–Crippen LogP) is 4.27. The standard InChI is InChI=1S/C20H18N4O2S/c1-12-18-15(20(25)21-13-6-8-14(26-3)9-7-13)11-16(17-5-4-10-27-17)22-19(18)24(2)23-12/h4-11H,1-3H3,(H,21,25). The Labute approximate surface area is 160 Å². The Bertz CT molecular complexity index is 1120. The van der Waals surface area contributed by atoms with Crippen molar-refractivity contribution < 1.29 is 9.53 Å². The molecule has 27 heavy (non-hydrogen) atoms. The molecule has 0 saturated heterocycles. The number of rotatable bonds is 4. The quantitative estimate of drug-likeness (QED) is 0.576. The van der Waals surface area contributed by atoms with E-state index in [4.69, 9.17) is 9.72 Å². The van der Waals surface area contributed by atoms with Gasteiger partial charge < -0.3 is 10.1 Å². The van der Waals surface area contributed by atoms with Crippen LogP contribution >= 0.6 is 11.3 Å². The molecule has 136 valence electrons. The molecule has 0 aliphatic rings. The first-order chi connectivity index (χ1) is 13.1. The number of amides is 1. The molecule has 0 fully saturated rings. The van der Waals surface area contributed by atoms with Crippen LogP contribution in [0.1, 0.15) is 16.1 Å². The fourth-order valence-corrected chi connectivity index (χ4v) is 3.73. The van der Waals surface area contributed by atoms with Crippen molar-refractivity contribution in [2.24, 2.45) is 7.05 Å². The van der Waals surface area contributed by atoms with Crippen molar-refractivity contribution in [1.82, 2.24) is 14.8 Å². The zero-order valence-electron chi connectivity index (χ0n) is 15.2. The molecular weight excluding hydrogens is 360 g/mol. The molecule has 0 aliphatic carbocycles. The second-order valence-electron chi connectivity index (χ2n) is 6.12. The highest BCUT2D eigenvalue weighted by atomic mass is 32.1. The Morgan fingerprint density at radius 1 is 1.22 bits per heavy atom. The molecular formula is C20H18N4O2S. The second-order valence-corrected chi connectivity index (χ2v) is 7.07. The molecule has 6 nitrogen and oxygen atoms in total. The summed E-state index contributed by atoms with van der Waals surface area (Å²) in [6.45, 7) is 1.89. The number of anilines is 1. The lowest BCUT2D eigenvalue weighted by atomic mass is 10.1. The lowest BCUT2D eigenvalue weighted by Crippen LogP contribution is -2.13. The Morgan fingerprint density at radius 3 is 2.67 bits per heavy atom. The van der Waals surface area contributed by atoms with Crippen LogP contribution < -0.4 is 10.1 Å². The number of hydrogen-bond acceptors (Lipinski definition) is 5. The molecule has 1 amide bonds. The molecule has 0 radical (unpaired) electrons. The minimum atomic E-state index is -0.193. The normalized spacial score (nSPS) is 10.9. The maximum Gasteiger partial charge on any atom is 0.256 e. The lowest BCUT2D eigenvalue weighted by Gasteiger charge is -2.09. The molecule has 0 atom stereocenters. The highest BCUT2D eigenvalue weighted by Gasteiger charge is 2.19. The van der Waals surface area contributed by atoms with Crippen LogP contribution in [0.5, 0.6) is 5.75 Å². The smallest absolute Gasteiger partial charge is 0.256 e. The number of thiophene rings is 1. The number of ether oxygens (including phenoxy) is 1. The summed E-state index contributed by atoms with van der Waals surface area (Å²) in [5, 5.41) is 10.2. The lowest BCUT2D eigenvalue weighted by molar-refractivity contribution is 0.102. The second kappa shape index (κ2) is 6.85. The zero-order chi connectivity index (χ0) is 19.0. The van der Waals surface area contributed by atoms with E-state index in [9.17, 15) is 4.79 Å². The van der Waals surface area contributed by atoms with Crippen LogP contribution in [-0.2, 0) is 7.05 Å². The highest BCUT2D eigenvalue weighted by molar-refractivity contribution is 7.13. The first-order valence-electron chi connectivity index (χ1n) is 8.40. The van der Waals surface area contributed by atoms with Gasteiger partial charge in [-0.05, 0) is 48.7 Å². The number of fused-ring (bicyclic) bond motifs is 1. The number of carbonyl (C=O) groups excluding carboxylic acids is 1. The van der Waals surface area contributed by atoms with Crippen LogP contribution in [0.2, 0.25) is 0 Å². The van der Waals surface area contributed by atoms with E-state index in [1.807, 2.05) is 61.8 Å². The van der Waals surface area contributed by atoms with Crippen LogP contribution in [0.15, 0.2) is 47.8 Å². The van der Waals surface area contributed by atoms with Crippen LogP contribution in [0, 0.1) is 6.92 Å². The molecule has 3 heterocycles. The first kappa shape index (κ1) is 17.2. The Balaban J connectivity index is 1.79. The van der Waals surface area contributed by atoms with Crippen molar-refractivity contribution in [1.29, 1.82) is 0 Å². The first-order valence-corrected chi connectivity index (χ1v) is 9.28. The molecule has 0 spiro atoms. The largest absolute Gasteiger partial charge is 0.497 e. The van der Waals surface area contributed by atoms with Gasteiger partial charge in [-0.3, -0.25) is 9.48 Å². The van der Waals surface area contributed by atoms with Crippen molar-refractivity contribution in [3.05, 3.63) is 59.1 Å². The maximum atomic E-state index is 13.1. The number of carbonyl (C=O) groups is 1. The SMILES string of the molecule is COc1ccc(NC(=O)c2cc(-c3cccs3)nc3c2c(C)nn3C)cc1. The third kappa shape index (κ3) is 3.17. The topological polar surface area (TPSA) is 69.0 Å². The van der Waals surface area contributed by atoms with Crippen LogP contribution in [0.25, 0.3) is 21.6 Å². The van der Waals surface area contributed by atoms with E-state index in [-0.39, 0.29) is 5.91 Å². The molecule has 1 N–H and O–H groups in total. The fourth-order valence-electron chi connectivity index (χ4n) is 3.05. The van der Waals surface area contributed by atoms with E-state index < -0.39 is 0 Å². The van der Waals surface area contributed by atoms with Crippen molar-refractivity contribution in [2.45, 2.75) is 6.92 Å². The van der Waals surface area contributed by atoms with E-state index in [0.29, 0.717) is 16.9 Å². The van der Waals surface area contributed by atoms with Gasteiger partial charge in [0.2, 0.25) is 0 Å². The summed E-state index contributed by atoms with van der Waals surface area (Å²) < 4.78 is 6.88. The van der Waals surface area contributed by atoms with Gasteiger partial charge in [-0.1, -0.05) is 6.07 Å². The summed E-state index contributed by atoms with van der Waals surface area (Å²) in [6, 6.07) is 13.0. The molecule has 1 aromatic carbocycles. The van der Waals surface area contributed by atoms with E-state index in [0.717, 1.165) is 27.4 Å². The maximum absolute atomic E-state index is 13.1. The summed E-state index contributed by atoms with van der Waals surface area (Å²) in [4.78, 5) is 18.8. The van der Waals surface area contributed by atoms with E-state index in [2.05, 4.69) is 10.4 Å². The van der Waals surface area contributed by atoms with Crippen molar-refractivity contribution in [2.75, 3.05) is 12.4 Å². The monoisotopic (exact) mass is 378 g/mol. The minimum absolute atomic E-state index is 0.193. The van der Waals surface area contributed by atoms with Crippen LogP contribution in [0.3, 0.4) is 0 Å². The zero-order valence-corrected chi connectivity index (χ0v) is 16.0. The van der Waals surface area contributed by atoms with Gasteiger partial charge in [0.05, 0.1) is 34.3 Å². The van der Waals surface area contributed by atoms with Gasteiger partial charge in [-0.25, -0.2) is 4.98 Å². The highest BCUT2D eigenvalue weighted by Crippen LogP contribution is 2.29. The molecule has 0 aliphatic heterocycles. The van der Waals surface area contributed by atoms with Crippen LogP contribution in [-0.4, -0.2) is 27.8 Å². The molecule has 7 heteroatoms. The molecule has 0 unspecified atom stereocenters. The third-order valence-electron chi connectivity index (χ3n) is 4.33. The number of hydrogen-bond donors (Lipinski definition) is 1. The number of nitrogens with one attached hydrogen (secondary N) is 1. The Morgan fingerprint density at radius 2 is 2.00 bits per heavy atom. The number of methoxy groups -OCH3 is 1. The fraction of sp³-hybridized carbons (Fsp3) is 0.150. The van der Waals surface area contributed by atoms with Crippen molar-refractivity contribution in [3.8, 4) is 16.3 Å². The molecule has 0 saturated carbocycles. The van der Waals surface area contributed by atoms with Gasteiger partial charge >= 0.3 is 0 Å². The van der Waals surface area contributed by atoms with Gasteiger partial charge in [-0.2, -0.15) is 5.10 Å². The molecule has 0 bridgehead atoms. The number of aromatic nitrogens is 3. The average molecular weight is 378 g/mol. The molecule has 4 aromatic rings. The summed E-state index contributed by atoms with van der Waals surface area (Å²) in [6.07, 6.45) is 0. The summed E-state index contributed by atoms with van der Waals surface area (Å²) in [5.41, 5.74) is 3.49. The van der Waals surface area contributed by atoms with Gasteiger partial charge in [0.25, 0.3) is 5.91 Å². The Hall–Kier alpha value is -3.19.